The fourth-order valence-corrected chi connectivity index (χ4v) is 3.76. The molecule has 0 radical (unpaired) electrons. The van der Waals surface area contributed by atoms with Crippen molar-refractivity contribution in [2.24, 2.45) is 5.73 Å². The van der Waals surface area contributed by atoms with Crippen molar-refractivity contribution < 1.29 is 33.4 Å². The first-order valence-corrected chi connectivity index (χ1v) is 12.2. The molecule has 10 heteroatoms. The largest absolute Gasteiger partial charge is 0.481 e. The molecule has 2 rings (SSSR count). The zero-order chi connectivity index (χ0) is 28.1. The molecule has 0 aliphatic carbocycles. The van der Waals surface area contributed by atoms with E-state index in [1.807, 2.05) is 13.8 Å². The molecule has 2 amide bonds. The summed E-state index contributed by atoms with van der Waals surface area (Å²) in [7, 11) is 0. The highest BCUT2D eigenvalue weighted by Gasteiger charge is 2.23. The number of carboxylic acids is 1. The molecule has 0 heterocycles. The van der Waals surface area contributed by atoms with Crippen LogP contribution in [0.5, 0.6) is 0 Å². The third-order valence-corrected chi connectivity index (χ3v) is 5.26. The van der Waals surface area contributed by atoms with E-state index in [2.05, 4.69) is 5.32 Å². The van der Waals surface area contributed by atoms with Gasteiger partial charge in [-0.15, -0.1) is 0 Å². The molecule has 0 unspecified atom stereocenters. The number of nitrogens with two attached hydrogens (primary N) is 1. The van der Waals surface area contributed by atoms with E-state index < -0.39 is 35.7 Å². The van der Waals surface area contributed by atoms with E-state index in [9.17, 15) is 23.5 Å². The monoisotopic (exact) mass is 521 g/mol. The third-order valence-electron chi connectivity index (χ3n) is 5.26. The SMILES string of the molecule is CC(=O)O.CCCN(CCC)C(=O)c1cc(C)cc(C(=O)N[C@@H](Cc2cc(F)cc(F)c2)[C@H](O)CN)c1. The molecule has 0 aliphatic rings. The third kappa shape index (κ3) is 11.1. The number of carboxylic acid groups (broad SMARTS) is 1. The number of rotatable bonds is 11. The average Bonchev–Trinajstić information content (AvgIpc) is 2.81. The first-order chi connectivity index (χ1) is 17.4. The van der Waals surface area contributed by atoms with E-state index in [-0.39, 0.29) is 30.0 Å². The number of nitrogens with one attached hydrogen (secondary N) is 1. The van der Waals surface area contributed by atoms with Crippen LogP contribution in [0.4, 0.5) is 8.78 Å². The predicted molar refractivity (Wildman–Crippen MR) is 137 cm³/mol. The van der Waals surface area contributed by atoms with Gasteiger partial charge in [-0.1, -0.05) is 13.8 Å². The van der Waals surface area contributed by atoms with Gasteiger partial charge in [0.1, 0.15) is 11.6 Å². The molecule has 37 heavy (non-hydrogen) atoms. The zero-order valence-corrected chi connectivity index (χ0v) is 21.8. The molecular weight excluding hydrogens is 484 g/mol. The maximum absolute atomic E-state index is 13.6. The lowest BCUT2D eigenvalue weighted by Crippen LogP contribution is -2.48. The summed E-state index contributed by atoms with van der Waals surface area (Å²) in [5.74, 6) is -2.99. The van der Waals surface area contributed by atoms with Gasteiger partial charge in [0.25, 0.3) is 17.8 Å². The Morgan fingerprint density at radius 3 is 1.97 bits per heavy atom. The number of nitrogens with zero attached hydrogens (tertiary/aromatic N) is 1. The Morgan fingerprint density at radius 2 is 1.49 bits per heavy atom. The van der Waals surface area contributed by atoms with Gasteiger partial charge >= 0.3 is 0 Å². The van der Waals surface area contributed by atoms with Gasteiger partial charge < -0.3 is 26.2 Å². The molecule has 5 N–H and O–H groups in total. The van der Waals surface area contributed by atoms with Gasteiger partial charge in [0.15, 0.2) is 0 Å². The van der Waals surface area contributed by atoms with Crippen molar-refractivity contribution in [3.63, 3.8) is 0 Å². The second-order valence-corrected chi connectivity index (χ2v) is 8.76. The summed E-state index contributed by atoms with van der Waals surface area (Å²) in [6.45, 7) is 7.97. The molecule has 0 saturated carbocycles. The minimum atomic E-state index is -1.13. The molecule has 2 atom stereocenters. The van der Waals surface area contributed by atoms with Crippen LogP contribution in [-0.4, -0.2) is 64.7 Å². The van der Waals surface area contributed by atoms with Gasteiger partial charge in [0.2, 0.25) is 0 Å². The summed E-state index contributed by atoms with van der Waals surface area (Å²) in [4.78, 5) is 36.8. The van der Waals surface area contributed by atoms with E-state index >= 15 is 0 Å². The highest BCUT2D eigenvalue weighted by Crippen LogP contribution is 2.16. The number of amides is 2. The zero-order valence-electron chi connectivity index (χ0n) is 21.8. The van der Waals surface area contributed by atoms with Gasteiger partial charge in [0.05, 0.1) is 12.1 Å². The molecule has 0 aliphatic heterocycles. The Hall–Kier alpha value is -3.37. The van der Waals surface area contributed by atoms with Crippen molar-refractivity contribution in [1.29, 1.82) is 0 Å². The Morgan fingerprint density at radius 1 is 0.973 bits per heavy atom. The molecule has 0 spiro atoms. The van der Waals surface area contributed by atoms with Crippen molar-refractivity contribution in [2.75, 3.05) is 19.6 Å². The number of aliphatic hydroxyl groups excluding tert-OH is 1. The number of aliphatic hydroxyl groups is 1. The van der Waals surface area contributed by atoms with Gasteiger partial charge in [0, 0.05) is 43.8 Å². The number of aliphatic carboxylic acids is 1. The number of benzene rings is 2. The molecule has 2 aromatic carbocycles. The summed E-state index contributed by atoms with van der Waals surface area (Å²) in [5, 5.41) is 20.4. The molecule has 204 valence electrons. The smallest absolute Gasteiger partial charge is 0.300 e. The number of halogens is 2. The fourth-order valence-electron chi connectivity index (χ4n) is 3.76. The van der Waals surface area contributed by atoms with Crippen LogP contribution in [-0.2, 0) is 11.2 Å². The van der Waals surface area contributed by atoms with Gasteiger partial charge in [-0.3, -0.25) is 14.4 Å². The minimum absolute atomic E-state index is 0.0167. The Bertz CT molecular complexity index is 1030. The first kappa shape index (κ1) is 31.7. The van der Waals surface area contributed by atoms with Crippen LogP contribution in [0.2, 0.25) is 0 Å². The molecule has 0 bridgehead atoms. The van der Waals surface area contributed by atoms with Gasteiger partial charge in [-0.2, -0.15) is 0 Å². The van der Waals surface area contributed by atoms with Crippen LogP contribution in [0, 0.1) is 18.6 Å². The normalized spacial score (nSPS) is 12.1. The Labute approximate surface area is 216 Å². The van der Waals surface area contributed by atoms with E-state index in [1.165, 1.54) is 6.07 Å². The van der Waals surface area contributed by atoms with E-state index in [0.717, 1.165) is 43.5 Å². The first-order valence-electron chi connectivity index (χ1n) is 12.2. The summed E-state index contributed by atoms with van der Waals surface area (Å²) in [6, 6.07) is 7.07. The van der Waals surface area contributed by atoms with Crippen molar-refractivity contribution in [2.45, 2.75) is 59.1 Å². The summed E-state index contributed by atoms with van der Waals surface area (Å²) in [5.41, 5.74) is 7.26. The molecule has 0 fully saturated rings. The number of carbonyl (C=O) groups excluding carboxylic acids is 2. The second-order valence-electron chi connectivity index (χ2n) is 8.76. The number of carbonyl (C=O) groups is 3. The van der Waals surface area contributed by atoms with E-state index in [1.54, 1.807) is 24.0 Å². The Kier molecular flexibility index (Phi) is 13.4. The molecule has 0 aromatic heterocycles. The topological polar surface area (TPSA) is 133 Å². The van der Waals surface area contributed by atoms with Crippen molar-refractivity contribution in [3.05, 3.63) is 70.3 Å². The molecular formula is C27H37F2N3O5. The quantitative estimate of drug-likeness (QED) is 0.359. The summed E-state index contributed by atoms with van der Waals surface area (Å²) in [6.07, 6.45) is 0.502. The lowest BCUT2D eigenvalue weighted by molar-refractivity contribution is -0.134. The van der Waals surface area contributed by atoms with Gasteiger partial charge in [-0.05, 0) is 67.6 Å². The maximum atomic E-state index is 13.6. The molecule has 2 aromatic rings. The van der Waals surface area contributed by atoms with Crippen LogP contribution in [0.15, 0.2) is 36.4 Å². The van der Waals surface area contributed by atoms with E-state index in [0.29, 0.717) is 18.7 Å². The standard InChI is InChI=1S/C25H33F2N3O3.C2H4O2/c1-4-6-30(7-5-2)25(33)19-9-16(3)8-18(13-19)24(32)29-22(23(31)15-28)12-17-10-20(26)14-21(27)11-17;1-2(3)4/h8-11,13-14,22-23,31H,4-7,12,15,28H2,1-3H3,(H,29,32);1H3,(H,3,4)/t22-,23+;/m0./s1. The van der Waals surface area contributed by atoms with Crippen molar-refractivity contribution in [3.8, 4) is 0 Å². The second kappa shape index (κ2) is 15.7. The summed E-state index contributed by atoms with van der Waals surface area (Å²) < 4.78 is 27.2. The van der Waals surface area contributed by atoms with Crippen LogP contribution < -0.4 is 11.1 Å². The Balaban J connectivity index is 0.00000159. The molecule has 8 nitrogen and oxygen atoms in total. The number of aryl methyl sites for hydroxylation is 1. The van der Waals surface area contributed by atoms with Crippen LogP contribution in [0.25, 0.3) is 0 Å². The average molecular weight is 522 g/mol. The lowest BCUT2D eigenvalue weighted by atomic mass is 9.99. The fraction of sp³-hybridized carbons (Fsp3) is 0.444. The van der Waals surface area contributed by atoms with Crippen molar-refractivity contribution in [1.82, 2.24) is 10.2 Å². The predicted octanol–water partition coefficient (Wildman–Crippen LogP) is 3.29. The number of hydrogen-bond donors (Lipinski definition) is 4. The van der Waals surface area contributed by atoms with Crippen LogP contribution in [0.1, 0.15) is 65.5 Å². The highest BCUT2D eigenvalue weighted by molar-refractivity contribution is 6.00. The maximum Gasteiger partial charge on any atom is 0.300 e. The minimum Gasteiger partial charge on any atom is -0.481 e. The van der Waals surface area contributed by atoms with Gasteiger partial charge in [-0.25, -0.2) is 8.78 Å². The summed E-state index contributed by atoms with van der Waals surface area (Å²) >= 11 is 0. The van der Waals surface area contributed by atoms with Crippen molar-refractivity contribution >= 4 is 17.8 Å². The van der Waals surface area contributed by atoms with Crippen LogP contribution >= 0.6 is 0 Å². The van der Waals surface area contributed by atoms with Crippen LogP contribution in [0.3, 0.4) is 0 Å². The lowest BCUT2D eigenvalue weighted by Gasteiger charge is -2.24. The number of hydrogen-bond acceptors (Lipinski definition) is 5. The van der Waals surface area contributed by atoms with E-state index in [4.69, 9.17) is 15.6 Å². The molecule has 0 saturated heterocycles. The highest BCUT2D eigenvalue weighted by atomic mass is 19.1.